The Morgan fingerprint density at radius 1 is 1.24 bits per heavy atom. The van der Waals surface area contributed by atoms with Gasteiger partial charge in [-0.2, -0.15) is 0 Å². The van der Waals surface area contributed by atoms with Gasteiger partial charge in [-0.3, -0.25) is 14.9 Å². The van der Waals surface area contributed by atoms with Gasteiger partial charge >= 0.3 is 5.97 Å². The summed E-state index contributed by atoms with van der Waals surface area (Å²) < 4.78 is 4.85. The predicted octanol–water partition coefficient (Wildman–Crippen LogP) is 2.81. The minimum atomic E-state index is -0.402. The summed E-state index contributed by atoms with van der Waals surface area (Å²) in [4.78, 5) is 21.2. The van der Waals surface area contributed by atoms with Crippen LogP contribution in [0.15, 0.2) is 24.3 Å². The Labute approximate surface area is 124 Å². The van der Waals surface area contributed by atoms with Gasteiger partial charge in [0.2, 0.25) is 0 Å². The van der Waals surface area contributed by atoms with Crippen LogP contribution in [-0.4, -0.2) is 24.0 Å². The molecule has 0 saturated heterocycles. The smallest absolute Gasteiger partial charge is 0.305 e. The number of carbonyl (C=O) groups is 1. The molecule has 0 saturated carbocycles. The zero-order chi connectivity index (χ0) is 15.5. The summed E-state index contributed by atoms with van der Waals surface area (Å²) >= 11 is 0. The summed E-state index contributed by atoms with van der Waals surface area (Å²) in [5.74, 6) is -0.128. The van der Waals surface area contributed by atoms with Gasteiger partial charge in [0.25, 0.3) is 5.69 Å². The lowest BCUT2D eigenvalue weighted by molar-refractivity contribution is -0.384. The molecule has 0 unspecified atom stereocenters. The second kappa shape index (κ2) is 9.88. The summed E-state index contributed by atoms with van der Waals surface area (Å²) in [5, 5.41) is 13.8. The standard InChI is InChI=1S/C15H22N2O4/c1-2-21-15(18)6-4-3-5-11-16-12-13-7-9-14(10-8-13)17(19)20/h7-10,16H,2-6,11-12H2,1H3. The first-order chi connectivity index (χ1) is 10.1. The van der Waals surface area contributed by atoms with Crippen molar-refractivity contribution in [2.75, 3.05) is 13.2 Å². The van der Waals surface area contributed by atoms with Crippen LogP contribution < -0.4 is 5.32 Å². The number of nitro benzene ring substituents is 1. The monoisotopic (exact) mass is 294 g/mol. The Balaban J connectivity index is 2.06. The fourth-order valence-electron chi connectivity index (χ4n) is 1.90. The van der Waals surface area contributed by atoms with Crippen molar-refractivity contribution in [3.63, 3.8) is 0 Å². The summed E-state index contributed by atoms with van der Waals surface area (Å²) in [7, 11) is 0. The number of nitrogens with one attached hydrogen (secondary N) is 1. The van der Waals surface area contributed by atoms with E-state index in [2.05, 4.69) is 5.32 Å². The maximum absolute atomic E-state index is 11.1. The molecule has 0 aliphatic carbocycles. The lowest BCUT2D eigenvalue weighted by Gasteiger charge is -2.05. The highest BCUT2D eigenvalue weighted by Crippen LogP contribution is 2.11. The number of nitrogens with zero attached hydrogens (tertiary/aromatic N) is 1. The molecule has 0 radical (unpaired) electrons. The number of ether oxygens (including phenoxy) is 1. The SMILES string of the molecule is CCOC(=O)CCCCCNCc1ccc([N+](=O)[O-])cc1. The molecule has 0 spiro atoms. The largest absolute Gasteiger partial charge is 0.466 e. The average Bonchev–Trinajstić information content (AvgIpc) is 2.47. The fraction of sp³-hybridized carbons (Fsp3) is 0.533. The molecule has 1 aromatic carbocycles. The van der Waals surface area contributed by atoms with Crippen LogP contribution in [0.2, 0.25) is 0 Å². The molecule has 0 fully saturated rings. The highest BCUT2D eigenvalue weighted by molar-refractivity contribution is 5.69. The van der Waals surface area contributed by atoms with Crippen molar-refractivity contribution >= 4 is 11.7 Å². The number of hydrogen-bond acceptors (Lipinski definition) is 5. The van der Waals surface area contributed by atoms with Gasteiger partial charge in [0.05, 0.1) is 11.5 Å². The maximum Gasteiger partial charge on any atom is 0.305 e. The van der Waals surface area contributed by atoms with E-state index in [1.165, 1.54) is 12.1 Å². The molecule has 0 aliphatic heterocycles. The van der Waals surface area contributed by atoms with E-state index < -0.39 is 4.92 Å². The van der Waals surface area contributed by atoms with Crippen molar-refractivity contribution in [2.24, 2.45) is 0 Å². The molecular weight excluding hydrogens is 272 g/mol. The number of non-ortho nitro benzene ring substituents is 1. The minimum Gasteiger partial charge on any atom is -0.466 e. The van der Waals surface area contributed by atoms with Crippen molar-refractivity contribution in [1.82, 2.24) is 5.32 Å². The number of benzene rings is 1. The first-order valence-electron chi connectivity index (χ1n) is 7.23. The second-order valence-corrected chi connectivity index (χ2v) is 4.72. The Kier molecular flexibility index (Phi) is 8.04. The number of rotatable bonds is 10. The summed E-state index contributed by atoms with van der Waals surface area (Å²) in [6.07, 6.45) is 3.30. The normalized spacial score (nSPS) is 10.3. The lowest BCUT2D eigenvalue weighted by Crippen LogP contribution is -2.14. The van der Waals surface area contributed by atoms with Gasteiger partial charge in [-0.15, -0.1) is 0 Å². The van der Waals surface area contributed by atoms with Gasteiger partial charge < -0.3 is 10.1 Å². The summed E-state index contributed by atoms with van der Waals surface area (Å²) in [5.41, 5.74) is 1.13. The van der Waals surface area contributed by atoms with Crippen molar-refractivity contribution in [3.05, 3.63) is 39.9 Å². The van der Waals surface area contributed by atoms with E-state index >= 15 is 0 Å². The topological polar surface area (TPSA) is 81.5 Å². The number of unbranched alkanes of at least 4 members (excludes halogenated alkanes) is 2. The zero-order valence-corrected chi connectivity index (χ0v) is 12.3. The maximum atomic E-state index is 11.1. The van der Waals surface area contributed by atoms with Gasteiger partial charge in [0, 0.05) is 25.1 Å². The Morgan fingerprint density at radius 3 is 2.57 bits per heavy atom. The zero-order valence-electron chi connectivity index (χ0n) is 12.3. The molecule has 6 nitrogen and oxygen atoms in total. The molecule has 0 aliphatic rings. The van der Waals surface area contributed by atoms with E-state index in [9.17, 15) is 14.9 Å². The average molecular weight is 294 g/mol. The number of nitro groups is 1. The van der Waals surface area contributed by atoms with Crippen LogP contribution in [0.5, 0.6) is 0 Å². The number of esters is 1. The van der Waals surface area contributed by atoms with Crippen LogP contribution in [0.25, 0.3) is 0 Å². The first-order valence-corrected chi connectivity index (χ1v) is 7.23. The summed E-state index contributed by atoms with van der Waals surface area (Å²) in [6.45, 7) is 3.80. The highest BCUT2D eigenvalue weighted by atomic mass is 16.6. The van der Waals surface area contributed by atoms with E-state index in [1.807, 2.05) is 0 Å². The quantitative estimate of drug-likeness (QED) is 0.310. The molecular formula is C15H22N2O4. The van der Waals surface area contributed by atoms with Gasteiger partial charge in [-0.05, 0) is 31.9 Å². The van der Waals surface area contributed by atoms with E-state index in [0.717, 1.165) is 31.4 Å². The Bertz CT molecular complexity index is 445. The predicted molar refractivity (Wildman–Crippen MR) is 79.9 cm³/mol. The molecule has 0 amide bonds. The van der Waals surface area contributed by atoms with Crippen LogP contribution in [0.3, 0.4) is 0 Å². The molecule has 0 heterocycles. The Morgan fingerprint density at radius 2 is 1.95 bits per heavy atom. The van der Waals surface area contributed by atoms with Crippen LogP contribution >= 0.6 is 0 Å². The molecule has 1 aromatic rings. The first kappa shape index (κ1) is 17.1. The fourth-order valence-corrected chi connectivity index (χ4v) is 1.90. The lowest BCUT2D eigenvalue weighted by atomic mass is 10.2. The van der Waals surface area contributed by atoms with Gasteiger partial charge in [0.1, 0.15) is 0 Å². The second-order valence-electron chi connectivity index (χ2n) is 4.72. The molecule has 6 heteroatoms. The molecule has 0 atom stereocenters. The summed E-state index contributed by atoms with van der Waals surface area (Å²) in [6, 6.07) is 6.53. The molecule has 1 N–H and O–H groups in total. The van der Waals surface area contributed by atoms with Crippen molar-refractivity contribution in [1.29, 1.82) is 0 Å². The van der Waals surface area contributed by atoms with Crippen molar-refractivity contribution < 1.29 is 14.5 Å². The molecule has 21 heavy (non-hydrogen) atoms. The molecule has 1 rings (SSSR count). The molecule has 116 valence electrons. The third-order valence-electron chi connectivity index (χ3n) is 3.02. The van der Waals surface area contributed by atoms with E-state index in [-0.39, 0.29) is 11.7 Å². The van der Waals surface area contributed by atoms with Crippen LogP contribution in [-0.2, 0) is 16.1 Å². The van der Waals surface area contributed by atoms with E-state index in [0.29, 0.717) is 19.6 Å². The van der Waals surface area contributed by atoms with Gasteiger partial charge in [-0.1, -0.05) is 18.6 Å². The molecule has 0 aromatic heterocycles. The number of carbonyl (C=O) groups excluding carboxylic acids is 1. The van der Waals surface area contributed by atoms with Gasteiger partial charge in [0.15, 0.2) is 0 Å². The number of hydrogen-bond donors (Lipinski definition) is 1. The van der Waals surface area contributed by atoms with Gasteiger partial charge in [-0.25, -0.2) is 0 Å². The third-order valence-corrected chi connectivity index (χ3v) is 3.02. The van der Waals surface area contributed by atoms with Crippen LogP contribution in [0.1, 0.15) is 38.2 Å². The third kappa shape index (κ3) is 7.41. The van der Waals surface area contributed by atoms with E-state index in [1.54, 1.807) is 19.1 Å². The van der Waals surface area contributed by atoms with E-state index in [4.69, 9.17) is 4.74 Å². The van der Waals surface area contributed by atoms with Crippen molar-refractivity contribution in [2.45, 2.75) is 39.2 Å². The molecule has 0 bridgehead atoms. The minimum absolute atomic E-state index is 0.109. The van der Waals surface area contributed by atoms with Crippen molar-refractivity contribution in [3.8, 4) is 0 Å². The highest BCUT2D eigenvalue weighted by Gasteiger charge is 2.03. The van der Waals surface area contributed by atoms with Crippen LogP contribution in [0, 0.1) is 10.1 Å². The van der Waals surface area contributed by atoms with Crippen LogP contribution in [0.4, 0.5) is 5.69 Å². The Hall–Kier alpha value is -1.95.